The summed E-state index contributed by atoms with van der Waals surface area (Å²) in [5.41, 5.74) is 5.13. The van der Waals surface area contributed by atoms with Gasteiger partial charge >= 0.3 is 0 Å². The van der Waals surface area contributed by atoms with E-state index in [1.54, 1.807) is 6.07 Å². The SMILES string of the molecule is N#Cc1cc(S(=O)(=O)N2CCC(OCCCN)CC2)ccc1F. The number of sulfonamides is 1. The monoisotopic (exact) mass is 341 g/mol. The Morgan fingerprint density at radius 3 is 2.70 bits per heavy atom. The fraction of sp³-hybridized carbons (Fsp3) is 0.533. The summed E-state index contributed by atoms with van der Waals surface area (Å²) in [5, 5.41) is 8.83. The second-order valence-corrected chi connectivity index (χ2v) is 7.31. The number of nitriles is 1. The molecule has 126 valence electrons. The van der Waals surface area contributed by atoms with Gasteiger partial charge in [-0.05, 0) is 44.0 Å². The van der Waals surface area contributed by atoms with Crippen LogP contribution in [0.25, 0.3) is 0 Å². The van der Waals surface area contributed by atoms with E-state index in [0.717, 1.165) is 18.6 Å². The van der Waals surface area contributed by atoms with Crippen LogP contribution in [0.5, 0.6) is 0 Å². The van der Waals surface area contributed by atoms with E-state index in [2.05, 4.69) is 0 Å². The van der Waals surface area contributed by atoms with Crippen LogP contribution in [0.4, 0.5) is 4.39 Å². The number of nitrogens with zero attached hydrogens (tertiary/aromatic N) is 2. The van der Waals surface area contributed by atoms with Gasteiger partial charge in [0.1, 0.15) is 11.9 Å². The summed E-state index contributed by atoms with van der Waals surface area (Å²) >= 11 is 0. The van der Waals surface area contributed by atoms with Crippen LogP contribution in [0.1, 0.15) is 24.8 Å². The van der Waals surface area contributed by atoms with Crippen LogP contribution >= 0.6 is 0 Å². The van der Waals surface area contributed by atoms with Gasteiger partial charge in [-0.25, -0.2) is 12.8 Å². The average Bonchev–Trinajstić information content (AvgIpc) is 2.56. The Labute approximate surface area is 135 Å². The van der Waals surface area contributed by atoms with Gasteiger partial charge in [-0.2, -0.15) is 9.57 Å². The zero-order valence-corrected chi connectivity index (χ0v) is 13.6. The molecule has 1 aromatic carbocycles. The predicted octanol–water partition coefficient (Wildman–Crippen LogP) is 1.22. The number of nitrogens with two attached hydrogens (primary N) is 1. The number of halogens is 1. The highest BCUT2D eigenvalue weighted by Gasteiger charge is 2.30. The molecule has 8 heteroatoms. The van der Waals surface area contributed by atoms with Crippen LogP contribution in [0.2, 0.25) is 0 Å². The molecule has 0 spiro atoms. The lowest BCUT2D eigenvalue weighted by Gasteiger charge is -2.31. The summed E-state index contributed by atoms with van der Waals surface area (Å²) in [4.78, 5) is -0.0575. The molecule has 0 aliphatic carbocycles. The largest absolute Gasteiger partial charge is 0.378 e. The first-order valence-electron chi connectivity index (χ1n) is 7.50. The molecule has 0 radical (unpaired) electrons. The lowest BCUT2D eigenvalue weighted by Crippen LogP contribution is -2.41. The summed E-state index contributed by atoms with van der Waals surface area (Å²) in [6, 6.07) is 4.93. The van der Waals surface area contributed by atoms with Crippen molar-refractivity contribution in [2.75, 3.05) is 26.2 Å². The van der Waals surface area contributed by atoms with Crippen molar-refractivity contribution < 1.29 is 17.5 Å². The fourth-order valence-corrected chi connectivity index (χ4v) is 3.97. The molecule has 1 heterocycles. The maximum Gasteiger partial charge on any atom is 0.243 e. The molecule has 0 amide bonds. The van der Waals surface area contributed by atoms with E-state index in [1.165, 1.54) is 10.4 Å². The standard InChI is InChI=1S/C15H20FN3O3S/c16-15-3-2-14(10-12(15)11-18)23(20,21)19-7-4-13(5-8-19)22-9-1-6-17/h2-3,10,13H,1,4-9,17H2. The molecule has 1 aliphatic rings. The number of piperidine rings is 1. The Morgan fingerprint density at radius 1 is 1.39 bits per heavy atom. The highest BCUT2D eigenvalue weighted by atomic mass is 32.2. The van der Waals surface area contributed by atoms with Crippen molar-refractivity contribution in [1.82, 2.24) is 4.31 Å². The number of benzene rings is 1. The molecule has 6 nitrogen and oxygen atoms in total. The zero-order chi connectivity index (χ0) is 16.9. The topological polar surface area (TPSA) is 96.4 Å². The average molecular weight is 341 g/mol. The van der Waals surface area contributed by atoms with Gasteiger partial charge in [0.25, 0.3) is 0 Å². The first-order valence-corrected chi connectivity index (χ1v) is 8.94. The van der Waals surface area contributed by atoms with Gasteiger partial charge in [-0.15, -0.1) is 0 Å². The minimum Gasteiger partial charge on any atom is -0.378 e. The highest BCUT2D eigenvalue weighted by molar-refractivity contribution is 7.89. The molecule has 0 atom stereocenters. The van der Waals surface area contributed by atoms with Crippen LogP contribution in [-0.2, 0) is 14.8 Å². The molecule has 2 N–H and O–H groups in total. The third-order valence-corrected chi connectivity index (χ3v) is 5.69. The number of hydrogen-bond acceptors (Lipinski definition) is 5. The van der Waals surface area contributed by atoms with Gasteiger partial charge in [0.2, 0.25) is 10.0 Å². The normalized spacial score (nSPS) is 17.1. The fourth-order valence-electron chi connectivity index (χ4n) is 2.47. The van der Waals surface area contributed by atoms with Crippen molar-refractivity contribution in [3.05, 3.63) is 29.6 Å². The molecule has 23 heavy (non-hydrogen) atoms. The Morgan fingerprint density at radius 2 is 2.09 bits per heavy atom. The van der Waals surface area contributed by atoms with E-state index in [1.807, 2.05) is 0 Å². The summed E-state index contributed by atoms with van der Waals surface area (Å²) < 4.78 is 45.5. The second kappa shape index (κ2) is 7.84. The summed E-state index contributed by atoms with van der Waals surface area (Å²) in [7, 11) is -3.72. The van der Waals surface area contributed by atoms with E-state index in [9.17, 15) is 12.8 Å². The maximum absolute atomic E-state index is 13.3. The minimum atomic E-state index is -3.72. The van der Waals surface area contributed by atoms with Gasteiger partial charge < -0.3 is 10.5 Å². The van der Waals surface area contributed by atoms with E-state index < -0.39 is 15.8 Å². The zero-order valence-electron chi connectivity index (χ0n) is 12.7. The first kappa shape index (κ1) is 17.8. The quantitative estimate of drug-likeness (QED) is 0.785. The van der Waals surface area contributed by atoms with Crippen molar-refractivity contribution >= 4 is 10.0 Å². The molecule has 1 saturated heterocycles. The second-order valence-electron chi connectivity index (χ2n) is 5.37. The Balaban J connectivity index is 2.03. The Hall–Kier alpha value is -1.53. The number of ether oxygens (including phenoxy) is 1. The van der Waals surface area contributed by atoms with Gasteiger partial charge in [-0.3, -0.25) is 0 Å². The minimum absolute atomic E-state index is 0.0379. The summed E-state index contributed by atoms with van der Waals surface area (Å²) in [6.07, 6.45) is 2.04. The van der Waals surface area contributed by atoms with Crippen molar-refractivity contribution in [2.24, 2.45) is 5.73 Å². The third-order valence-electron chi connectivity index (χ3n) is 3.80. The third kappa shape index (κ3) is 4.26. The lowest BCUT2D eigenvalue weighted by molar-refractivity contribution is 0.0209. The van der Waals surface area contributed by atoms with Crippen molar-refractivity contribution in [2.45, 2.75) is 30.3 Å². The molecule has 0 aromatic heterocycles. The molecule has 1 aliphatic heterocycles. The molecule has 1 aromatic rings. The molecule has 0 unspecified atom stereocenters. The van der Waals surface area contributed by atoms with E-state index >= 15 is 0 Å². The maximum atomic E-state index is 13.3. The molecular weight excluding hydrogens is 321 g/mol. The Bertz CT molecular complexity index is 680. The van der Waals surface area contributed by atoms with Gasteiger partial charge in [0.05, 0.1) is 16.6 Å². The van der Waals surface area contributed by atoms with Crippen LogP contribution in [0.15, 0.2) is 23.1 Å². The van der Waals surface area contributed by atoms with E-state index in [4.69, 9.17) is 15.7 Å². The van der Waals surface area contributed by atoms with E-state index in [0.29, 0.717) is 39.1 Å². The van der Waals surface area contributed by atoms with Gasteiger partial charge in [0.15, 0.2) is 0 Å². The number of rotatable bonds is 6. The van der Waals surface area contributed by atoms with E-state index in [-0.39, 0.29) is 16.6 Å². The van der Waals surface area contributed by atoms with Crippen LogP contribution in [0.3, 0.4) is 0 Å². The molecule has 2 rings (SSSR count). The number of hydrogen-bond donors (Lipinski definition) is 1. The van der Waals surface area contributed by atoms with Gasteiger partial charge in [-0.1, -0.05) is 0 Å². The first-order chi connectivity index (χ1) is 11.0. The lowest BCUT2D eigenvalue weighted by atomic mass is 10.1. The highest BCUT2D eigenvalue weighted by Crippen LogP contribution is 2.23. The van der Waals surface area contributed by atoms with Crippen molar-refractivity contribution in [3.63, 3.8) is 0 Å². The van der Waals surface area contributed by atoms with Gasteiger partial charge in [0, 0.05) is 19.7 Å². The van der Waals surface area contributed by atoms with Crippen molar-refractivity contribution in [3.8, 4) is 6.07 Å². The predicted molar refractivity (Wildman–Crippen MR) is 82.5 cm³/mol. The smallest absolute Gasteiger partial charge is 0.243 e. The molecular formula is C15H20FN3O3S. The van der Waals surface area contributed by atoms with Crippen LogP contribution in [-0.4, -0.2) is 45.1 Å². The molecule has 1 fully saturated rings. The summed E-state index contributed by atoms with van der Waals surface area (Å²) in [5.74, 6) is -0.724. The Kier molecular flexibility index (Phi) is 6.07. The van der Waals surface area contributed by atoms with Crippen LogP contribution < -0.4 is 5.73 Å². The van der Waals surface area contributed by atoms with Crippen molar-refractivity contribution in [1.29, 1.82) is 5.26 Å². The molecule has 0 bridgehead atoms. The molecule has 0 saturated carbocycles. The van der Waals surface area contributed by atoms with Crippen LogP contribution in [0, 0.1) is 17.1 Å². The summed E-state index contributed by atoms with van der Waals surface area (Å²) in [6.45, 7) is 1.83.